The van der Waals surface area contributed by atoms with E-state index in [4.69, 9.17) is 10.5 Å². The van der Waals surface area contributed by atoms with Gasteiger partial charge in [-0.15, -0.1) is 0 Å². The molecule has 0 aliphatic carbocycles. The van der Waals surface area contributed by atoms with Crippen molar-refractivity contribution in [3.05, 3.63) is 0 Å². The Labute approximate surface area is 151 Å². The van der Waals surface area contributed by atoms with Crippen molar-refractivity contribution in [2.75, 3.05) is 6.54 Å². The lowest BCUT2D eigenvalue weighted by molar-refractivity contribution is -0.154. The van der Waals surface area contributed by atoms with E-state index >= 15 is 0 Å². The summed E-state index contributed by atoms with van der Waals surface area (Å²) in [5, 5.41) is 0. The number of nitrogens with two attached hydrogens (primary N) is 1. The minimum Gasteiger partial charge on any atom is -0.460 e. The Kier molecular flexibility index (Phi) is 15.6. The third-order valence-corrected chi connectivity index (χ3v) is 4.26. The van der Waals surface area contributed by atoms with Crippen LogP contribution < -0.4 is 5.73 Å². The normalized spacial score (nSPS) is 11.7. The molecular weight excluding hydrogens is 298 g/mol. The number of carbonyl (C=O) groups is 1. The molecule has 0 aliphatic rings. The lowest BCUT2D eigenvalue weighted by Gasteiger charge is -2.19. The molecule has 0 amide bonds. The van der Waals surface area contributed by atoms with E-state index in [0.717, 1.165) is 19.4 Å². The molecule has 24 heavy (non-hydrogen) atoms. The molecule has 2 N–H and O–H groups in total. The van der Waals surface area contributed by atoms with Crippen LogP contribution in [0.3, 0.4) is 0 Å². The van der Waals surface area contributed by atoms with Crippen LogP contribution >= 0.6 is 0 Å². The minimum absolute atomic E-state index is 0.0504. The molecule has 0 spiro atoms. The van der Waals surface area contributed by atoms with Gasteiger partial charge in [-0.2, -0.15) is 0 Å². The third-order valence-electron chi connectivity index (χ3n) is 4.26. The molecule has 0 atom stereocenters. The average molecular weight is 342 g/mol. The van der Waals surface area contributed by atoms with Crippen molar-refractivity contribution in [2.24, 2.45) is 5.73 Å². The molecule has 0 aromatic heterocycles. The van der Waals surface area contributed by atoms with Gasteiger partial charge < -0.3 is 10.5 Å². The molecule has 3 heteroatoms. The van der Waals surface area contributed by atoms with E-state index in [9.17, 15) is 4.79 Å². The summed E-state index contributed by atoms with van der Waals surface area (Å²) in [6, 6.07) is 0. The van der Waals surface area contributed by atoms with Crippen LogP contribution in [-0.4, -0.2) is 18.1 Å². The van der Waals surface area contributed by atoms with Gasteiger partial charge in [0.25, 0.3) is 0 Å². The van der Waals surface area contributed by atoms with Crippen molar-refractivity contribution >= 4 is 5.97 Å². The zero-order valence-corrected chi connectivity index (χ0v) is 16.7. The van der Waals surface area contributed by atoms with E-state index in [-0.39, 0.29) is 11.6 Å². The van der Waals surface area contributed by atoms with E-state index in [2.05, 4.69) is 0 Å². The van der Waals surface area contributed by atoms with E-state index in [0.29, 0.717) is 6.42 Å². The van der Waals surface area contributed by atoms with Crippen molar-refractivity contribution in [1.82, 2.24) is 0 Å². The molecule has 0 bridgehead atoms. The molecule has 0 rings (SSSR count). The maximum atomic E-state index is 11.6. The predicted octanol–water partition coefficient (Wildman–Crippen LogP) is 6.14. The molecule has 144 valence electrons. The molecule has 0 fully saturated rings. The number of esters is 1. The van der Waals surface area contributed by atoms with Gasteiger partial charge in [-0.05, 0) is 40.2 Å². The highest BCUT2D eigenvalue weighted by molar-refractivity contribution is 5.69. The van der Waals surface area contributed by atoms with Crippen LogP contribution in [0, 0.1) is 0 Å². The minimum atomic E-state index is -0.346. The second-order valence-corrected chi connectivity index (χ2v) is 8.07. The monoisotopic (exact) mass is 341 g/mol. The Hall–Kier alpha value is -0.570. The van der Waals surface area contributed by atoms with Gasteiger partial charge in [0.1, 0.15) is 5.60 Å². The van der Waals surface area contributed by atoms with Crippen molar-refractivity contribution in [1.29, 1.82) is 0 Å². The fourth-order valence-electron chi connectivity index (χ4n) is 2.93. The summed E-state index contributed by atoms with van der Waals surface area (Å²) in [5.41, 5.74) is 5.14. The van der Waals surface area contributed by atoms with Crippen molar-refractivity contribution in [2.45, 2.75) is 123 Å². The average Bonchev–Trinajstić information content (AvgIpc) is 2.49. The highest BCUT2D eigenvalue weighted by Gasteiger charge is 2.15. The second kappa shape index (κ2) is 15.9. The highest BCUT2D eigenvalue weighted by Crippen LogP contribution is 2.14. The smallest absolute Gasteiger partial charge is 0.306 e. The summed E-state index contributed by atoms with van der Waals surface area (Å²) in [5.74, 6) is -0.0504. The molecule has 0 aromatic rings. The van der Waals surface area contributed by atoms with Crippen LogP contribution in [0.25, 0.3) is 0 Å². The predicted molar refractivity (Wildman–Crippen MR) is 104 cm³/mol. The van der Waals surface area contributed by atoms with Crippen LogP contribution in [0.5, 0.6) is 0 Å². The lowest BCUT2D eigenvalue weighted by atomic mass is 10.0. The number of hydrogen-bond donors (Lipinski definition) is 1. The Morgan fingerprint density at radius 2 is 1.00 bits per heavy atom. The summed E-state index contributed by atoms with van der Waals surface area (Å²) in [7, 11) is 0. The Morgan fingerprint density at radius 1 is 0.667 bits per heavy atom. The summed E-state index contributed by atoms with van der Waals surface area (Å²) in [4.78, 5) is 11.6. The molecule has 3 nitrogen and oxygen atoms in total. The number of unbranched alkanes of at least 4 members (excludes halogenated alkanes) is 13. The van der Waals surface area contributed by atoms with E-state index in [1.807, 2.05) is 20.8 Å². The van der Waals surface area contributed by atoms with Gasteiger partial charge >= 0.3 is 5.97 Å². The fourth-order valence-corrected chi connectivity index (χ4v) is 2.93. The van der Waals surface area contributed by atoms with Gasteiger partial charge in [0.05, 0.1) is 0 Å². The Bertz CT molecular complexity index is 284. The first kappa shape index (κ1) is 23.4. The second-order valence-electron chi connectivity index (χ2n) is 8.07. The summed E-state index contributed by atoms with van der Waals surface area (Å²) in [6.07, 6.45) is 18.8. The Morgan fingerprint density at radius 3 is 1.33 bits per heavy atom. The molecule has 0 unspecified atom stereocenters. The molecule has 0 saturated heterocycles. The largest absolute Gasteiger partial charge is 0.460 e. The zero-order valence-electron chi connectivity index (χ0n) is 16.7. The van der Waals surface area contributed by atoms with Gasteiger partial charge in [0.15, 0.2) is 0 Å². The first-order valence-corrected chi connectivity index (χ1v) is 10.4. The molecule has 0 heterocycles. The van der Waals surface area contributed by atoms with Crippen molar-refractivity contribution in [3.63, 3.8) is 0 Å². The summed E-state index contributed by atoms with van der Waals surface area (Å²) >= 11 is 0. The number of carbonyl (C=O) groups excluding carboxylic acids is 1. The van der Waals surface area contributed by atoms with E-state index < -0.39 is 0 Å². The first-order valence-electron chi connectivity index (χ1n) is 10.4. The number of ether oxygens (including phenoxy) is 1. The molecule has 0 saturated carbocycles. The van der Waals surface area contributed by atoms with Crippen LogP contribution in [0.4, 0.5) is 0 Å². The quantitative estimate of drug-likeness (QED) is 0.271. The van der Waals surface area contributed by atoms with E-state index in [1.165, 1.54) is 77.0 Å². The third kappa shape index (κ3) is 19.5. The van der Waals surface area contributed by atoms with Crippen LogP contribution in [-0.2, 0) is 9.53 Å². The first-order chi connectivity index (χ1) is 11.5. The highest BCUT2D eigenvalue weighted by atomic mass is 16.6. The van der Waals surface area contributed by atoms with Crippen LogP contribution in [0.15, 0.2) is 0 Å². The zero-order chi connectivity index (χ0) is 18.1. The van der Waals surface area contributed by atoms with Crippen molar-refractivity contribution < 1.29 is 9.53 Å². The Balaban J connectivity index is 3.14. The molecule has 0 aliphatic heterocycles. The van der Waals surface area contributed by atoms with Crippen LogP contribution in [0.1, 0.15) is 117 Å². The lowest BCUT2D eigenvalue weighted by Crippen LogP contribution is -2.23. The number of rotatable bonds is 16. The summed E-state index contributed by atoms with van der Waals surface area (Å²) < 4.78 is 5.31. The van der Waals surface area contributed by atoms with Gasteiger partial charge in [0, 0.05) is 6.42 Å². The van der Waals surface area contributed by atoms with Gasteiger partial charge in [-0.25, -0.2) is 0 Å². The molecular formula is C21H43NO2. The maximum absolute atomic E-state index is 11.6. The maximum Gasteiger partial charge on any atom is 0.306 e. The van der Waals surface area contributed by atoms with Gasteiger partial charge in [-0.3, -0.25) is 4.79 Å². The number of hydrogen-bond acceptors (Lipinski definition) is 3. The van der Waals surface area contributed by atoms with Gasteiger partial charge in [0.2, 0.25) is 0 Å². The van der Waals surface area contributed by atoms with Gasteiger partial charge in [-0.1, -0.05) is 77.0 Å². The molecule has 0 aromatic carbocycles. The standard InChI is InChI=1S/C21H43NO2/c1-21(2,3)24-20(23)18-16-14-12-10-8-6-4-5-7-9-11-13-15-17-19-22/h4-19,22H2,1-3H3. The van der Waals surface area contributed by atoms with E-state index in [1.54, 1.807) is 0 Å². The topological polar surface area (TPSA) is 52.3 Å². The SMILES string of the molecule is CC(C)(C)OC(=O)CCCCCCCCCCCCCCCCN. The van der Waals surface area contributed by atoms with Crippen molar-refractivity contribution in [3.8, 4) is 0 Å². The molecule has 0 radical (unpaired) electrons. The van der Waals surface area contributed by atoms with Crippen LogP contribution in [0.2, 0.25) is 0 Å². The summed E-state index contributed by atoms with van der Waals surface area (Å²) in [6.45, 7) is 6.62. The fraction of sp³-hybridized carbons (Fsp3) is 0.952.